The van der Waals surface area contributed by atoms with Crippen LogP contribution in [-0.2, 0) is 22.4 Å². The average molecular weight is 401 g/mol. The topological polar surface area (TPSA) is 90.0 Å². The van der Waals surface area contributed by atoms with Gasteiger partial charge in [-0.25, -0.2) is 4.21 Å². The molecule has 7 nitrogen and oxygen atoms in total. The Balaban J connectivity index is 1.54. The minimum atomic E-state index is -2.03. The molecule has 1 aliphatic rings. The summed E-state index contributed by atoms with van der Waals surface area (Å²) < 4.78 is 20.0. The lowest BCUT2D eigenvalue weighted by Gasteiger charge is -2.34. The molecule has 1 unspecified atom stereocenters. The minimum absolute atomic E-state index is 0.120. The number of anilines is 1. The fourth-order valence-corrected chi connectivity index (χ4v) is 3.47. The first-order chi connectivity index (χ1) is 13.4. The molecule has 1 atom stereocenters. The van der Waals surface area contributed by atoms with Crippen molar-refractivity contribution in [2.24, 2.45) is 0 Å². The van der Waals surface area contributed by atoms with Crippen LogP contribution in [-0.4, -0.2) is 56.6 Å². The molecule has 2 aromatic carbocycles. The summed E-state index contributed by atoms with van der Waals surface area (Å²) in [5.41, 5.74) is 2.22. The molecule has 0 bridgehead atoms. The highest BCUT2D eigenvalue weighted by Crippen LogP contribution is 2.15. The second-order valence-electron chi connectivity index (χ2n) is 6.71. The van der Waals surface area contributed by atoms with Crippen molar-refractivity contribution in [1.82, 2.24) is 9.80 Å². The fourth-order valence-electron chi connectivity index (χ4n) is 3.10. The third-order valence-corrected chi connectivity index (χ3v) is 5.43. The van der Waals surface area contributed by atoms with Gasteiger partial charge in [0.15, 0.2) is 11.1 Å². The molecule has 1 heterocycles. The predicted molar refractivity (Wildman–Crippen MR) is 107 cm³/mol. The van der Waals surface area contributed by atoms with Crippen LogP contribution in [0.2, 0.25) is 0 Å². The first-order valence-electron chi connectivity index (χ1n) is 9.01. The zero-order valence-corrected chi connectivity index (χ0v) is 16.4. The molecule has 0 spiro atoms. The van der Waals surface area contributed by atoms with E-state index in [-0.39, 0.29) is 16.7 Å². The number of hydrogen-bond acceptors (Lipinski definition) is 4. The number of nitrogens with zero attached hydrogens (tertiary/aromatic N) is 2. The number of amides is 2. The number of piperazine rings is 1. The van der Waals surface area contributed by atoms with Crippen LogP contribution in [0.15, 0.2) is 53.4 Å². The lowest BCUT2D eigenvalue weighted by molar-refractivity contribution is -0.130. The second kappa shape index (κ2) is 9.09. The van der Waals surface area contributed by atoms with Crippen molar-refractivity contribution in [3.63, 3.8) is 0 Å². The second-order valence-corrected chi connectivity index (χ2v) is 7.68. The summed E-state index contributed by atoms with van der Waals surface area (Å²) in [5.74, 6) is -0.117. The maximum absolute atomic E-state index is 12.4. The van der Waals surface area contributed by atoms with Gasteiger partial charge in [0.2, 0.25) is 5.91 Å². The zero-order valence-electron chi connectivity index (χ0n) is 15.6. The Bertz CT molecular complexity index is 860. The fraction of sp³-hybridized carbons (Fsp3) is 0.300. The Hall–Kier alpha value is -2.55. The highest BCUT2D eigenvalue weighted by atomic mass is 32.2. The van der Waals surface area contributed by atoms with Gasteiger partial charge in [0.05, 0.1) is 4.90 Å². The largest absolute Gasteiger partial charge is 0.340 e. The van der Waals surface area contributed by atoms with Crippen LogP contribution in [0.1, 0.15) is 22.8 Å². The lowest BCUT2D eigenvalue weighted by Crippen LogP contribution is -2.47. The SMILES string of the molecule is CC(=O)N1CCN(Cc2ccc(C(=O)Nc3ccc(S(=O)O)cc3)cc2)CC1. The summed E-state index contributed by atoms with van der Waals surface area (Å²) in [7, 11) is 0. The van der Waals surface area contributed by atoms with Gasteiger partial charge in [-0.3, -0.25) is 14.5 Å². The van der Waals surface area contributed by atoms with E-state index in [1.807, 2.05) is 17.0 Å². The highest BCUT2D eigenvalue weighted by Gasteiger charge is 2.18. The Labute approximate surface area is 166 Å². The molecular formula is C20H23N3O4S. The number of benzene rings is 2. The highest BCUT2D eigenvalue weighted by molar-refractivity contribution is 7.79. The summed E-state index contributed by atoms with van der Waals surface area (Å²) in [6.07, 6.45) is 0. The third-order valence-electron chi connectivity index (χ3n) is 4.75. The molecule has 1 saturated heterocycles. The van der Waals surface area contributed by atoms with Crippen molar-refractivity contribution in [3.05, 3.63) is 59.7 Å². The van der Waals surface area contributed by atoms with Crippen molar-refractivity contribution in [1.29, 1.82) is 0 Å². The Morgan fingerprint density at radius 2 is 1.61 bits per heavy atom. The predicted octanol–water partition coefficient (Wildman–Crippen LogP) is 2.18. The van der Waals surface area contributed by atoms with Gasteiger partial charge < -0.3 is 14.8 Å². The van der Waals surface area contributed by atoms with Crippen molar-refractivity contribution in [2.45, 2.75) is 18.4 Å². The van der Waals surface area contributed by atoms with Gasteiger partial charge in [0.1, 0.15) is 0 Å². The van der Waals surface area contributed by atoms with Gasteiger partial charge in [-0.05, 0) is 42.0 Å². The van der Waals surface area contributed by atoms with E-state index in [0.29, 0.717) is 11.3 Å². The average Bonchev–Trinajstić information content (AvgIpc) is 2.69. The lowest BCUT2D eigenvalue weighted by atomic mass is 10.1. The van der Waals surface area contributed by atoms with Crippen LogP contribution in [0.4, 0.5) is 5.69 Å². The van der Waals surface area contributed by atoms with Crippen LogP contribution >= 0.6 is 0 Å². The van der Waals surface area contributed by atoms with E-state index >= 15 is 0 Å². The number of rotatable bonds is 5. The first kappa shape index (κ1) is 20.2. The van der Waals surface area contributed by atoms with E-state index in [1.54, 1.807) is 31.2 Å². The van der Waals surface area contributed by atoms with Gasteiger partial charge in [-0.2, -0.15) is 0 Å². The summed E-state index contributed by atoms with van der Waals surface area (Å²) in [5, 5.41) is 2.77. The molecule has 3 rings (SSSR count). The van der Waals surface area contributed by atoms with E-state index in [2.05, 4.69) is 10.2 Å². The Morgan fingerprint density at radius 3 is 2.14 bits per heavy atom. The summed E-state index contributed by atoms with van der Waals surface area (Å²) in [6, 6.07) is 13.6. The van der Waals surface area contributed by atoms with Crippen LogP contribution < -0.4 is 5.32 Å². The van der Waals surface area contributed by atoms with Gasteiger partial charge in [0, 0.05) is 50.9 Å². The Kier molecular flexibility index (Phi) is 6.56. The van der Waals surface area contributed by atoms with E-state index in [0.717, 1.165) is 38.3 Å². The van der Waals surface area contributed by atoms with E-state index < -0.39 is 11.1 Å². The van der Waals surface area contributed by atoms with Crippen LogP contribution in [0.3, 0.4) is 0 Å². The van der Waals surface area contributed by atoms with Crippen molar-refractivity contribution < 1.29 is 18.4 Å². The van der Waals surface area contributed by atoms with Gasteiger partial charge >= 0.3 is 0 Å². The normalized spacial score (nSPS) is 15.9. The third kappa shape index (κ3) is 5.25. The van der Waals surface area contributed by atoms with E-state index in [9.17, 15) is 13.8 Å². The molecule has 8 heteroatoms. The summed E-state index contributed by atoms with van der Waals surface area (Å²) >= 11 is -2.03. The monoisotopic (exact) mass is 401 g/mol. The van der Waals surface area contributed by atoms with Crippen LogP contribution in [0, 0.1) is 0 Å². The van der Waals surface area contributed by atoms with E-state index in [4.69, 9.17) is 4.55 Å². The molecule has 1 aliphatic heterocycles. The van der Waals surface area contributed by atoms with Crippen LogP contribution in [0.5, 0.6) is 0 Å². The molecule has 0 aliphatic carbocycles. The van der Waals surface area contributed by atoms with Gasteiger partial charge in [-0.15, -0.1) is 0 Å². The molecule has 2 aromatic rings. The van der Waals surface area contributed by atoms with Crippen molar-refractivity contribution in [2.75, 3.05) is 31.5 Å². The standard InChI is InChI=1S/C20H23N3O4S/c1-15(24)23-12-10-22(11-13-23)14-16-2-4-17(5-3-16)20(25)21-18-6-8-19(9-7-18)28(26)27/h2-9H,10-14H2,1H3,(H,21,25)(H,26,27). The van der Waals surface area contributed by atoms with Crippen molar-refractivity contribution >= 4 is 28.6 Å². The number of carbonyl (C=O) groups excluding carboxylic acids is 2. The Morgan fingerprint density at radius 1 is 1.00 bits per heavy atom. The van der Waals surface area contributed by atoms with E-state index in [1.165, 1.54) is 12.1 Å². The molecular weight excluding hydrogens is 378 g/mol. The number of hydrogen-bond donors (Lipinski definition) is 2. The van der Waals surface area contributed by atoms with Gasteiger partial charge in [0.25, 0.3) is 5.91 Å². The molecule has 148 valence electrons. The molecule has 0 saturated carbocycles. The molecule has 2 amide bonds. The first-order valence-corrected chi connectivity index (χ1v) is 10.1. The summed E-state index contributed by atoms with van der Waals surface area (Å²) in [4.78, 5) is 28.2. The minimum Gasteiger partial charge on any atom is -0.340 e. The molecule has 2 N–H and O–H groups in total. The molecule has 0 aromatic heterocycles. The maximum Gasteiger partial charge on any atom is 0.255 e. The van der Waals surface area contributed by atoms with Crippen LogP contribution in [0.25, 0.3) is 0 Å². The number of carbonyl (C=O) groups is 2. The number of nitrogens with one attached hydrogen (secondary N) is 1. The zero-order chi connectivity index (χ0) is 20.1. The smallest absolute Gasteiger partial charge is 0.255 e. The molecule has 1 fully saturated rings. The maximum atomic E-state index is 12.4. The molecule has 0 radical (unpaired) electrons. The van der Waals surface area contributed by atoms with Crippen molar-refractivity contribution in [3.8, 4) is 0 Å². The summed E-state index contributed by atoms with van der Waals surface area (Å²) in [6.45, 7) is 5.57. The molecule has 28 heavy (non-hydrogen) atoms. The van der Waals surface area contributed by atoms with Gasteiger partial charge in [-0.1, -0.05) is 12.1 Å². The quantitative estimate of drug-likeness (QED) is 0.750.